The third kappa shape index (κ3) is 2.61. The van der Waals surface area contributed by atoms with Crippen LogP contribution in [0.2, 0.25) is 0 Å². The molecule has 1 aromatic heterocycles. The largest absolute Gasteiger partial charge is 0.497 e. The topological polar surface area (TPSA) is 66.5 Å². The number of benzene rings is 2. The van der Waals surface area contributed by atoms with Crippen molar-refractivity contribution in [3.8, 4) is 5.75 Å². The van der Waals surface area contributed by atoms with Gasteiger partial charge in [-0.25, -0.2) is 4.79 Å². The fraction of sp³-hybridized carbons (Fsp3) is 0.167. The molecule has 118 valence electrons. The van der Waals surface area contributed by atoms with Crippen molar-refractivity contribution in [1.82, 2.24) is 4.57 Å². The molecule has 0 spiro atoms. The molecule has 5 heteroatoms. The highest BCUT2D eigenvalue weighted by Gasteiger charge is 2.21. The van der Waals surface area contributed by atoms with Gasteiger partial charge in [0.25, 0.3) is 0 Å². The molecule has 0 saturated carbocycles. The molecule has 2 N–H and O–H groups in total. The zero-order valence-electron chi connectivity index (χ0n) is 13.1. The summed E-state index contributed by atoms with van der Waals surface area (Å²) in [4.78, 5) is 12.2. The Labute approximate surface area is 134 Å². The predicted octanol–water partition coefficient (Wildman–Crippen LogP) is 3.07. The lowest BCUT2D eigenvalue weighted by atomic mass is 10.2. The summed E-state index contributed by atoms with van der Waals surface area (Å²) < 4.78 is 12.0. The van der Waals surface area contributed by atoms with Crippen molar-refractivity contribution in [2.24, 2.45) is 0 Å². The second-order valence-electron chi connectivity index (χ2n) is 5.21. The number of para-hydroxylation sites is 1. The van der Waals surface area contributed by atoms with E-state index < -0.39 is 5.97 Å². The van der Waals surface area contributed by atoms with Crippen LogP contribution >= 0.6 is 0 Å². The minimum absolute atomic E-state index is 0.379. The second-order valence-corrected chi connectivity index (χ2v) is 5.21. The summed E-state index contributed by atoms with van der Waals surface area (Å²) >= 11 is 0. The molecule has 0 fully saturated rings. The van der Waals surface area contributed by atoms with E-state index in [0.29, 0.717) is 17.9 Å². The SMILES string of the molecule is COC(=O)c1c(N)c2ccccc2n1Cc1ccc(OC)cc1. The number of anilines is 1. The fourth-order valence-corrected chi connectivity index (χ4v) is 2.72. The van der Waals surface area contributed by atoms with Gasteiger partial charge < -0.3 is 19.8 Å². The number of hydrogen-bond acceptors (Lipinski definition) is 4. The molecule has 0 radical (unpaired) electrons. The first kappa shape index (κ1) is 15.0. The third-order valence-electron chi connectivity index (χ3n) is 3.89. The van der Waals surface area contributed by atoms with E-state index in [1.165, 1.54) is 7.11 Å². The number of nitrogens with two attached hydrogens (primary N) is 1. The Kier molecular flexibility index (Phi) is 3.93. The van der Waals surface area contributed by atoms with E-state index in [2.05, 4.69) is 0 Å². The summed E-state index contributed by atoms with van der Waals surface area (Å²) in [7, 11) is 2.99. The highest BCUT2D eigenvalue weighted by atomic mass is 16.5. The Morgan fingerprint density at radius 3 is 2.43 bits per heavy atom. The van der Waals surface area contributed by atoms with Crippen LogP contribution in [0.4, 0.5) is 5.69 Å². The number of esters is 1. The summed E-state index contributed by atoms with van der Waals surface area (Å²) in [6.45, 7) is 0.520. The minimum atomic E-state index is -0.438. The van der Waals surface area contributed by atoms with Gasteiger partial charge >= 0.3 is 5.97 Å². The normalized spacial score (nSPS) is 10.7. The standard InChI is InChI=1S/C18H18N2O3/c1-22-13-9-7-12(8-10-13)11-20-15-6-4-3-5-14(15)16(19)17(20)18(21)23-2/h3-10H,11,19H2,1-2H3. The zero-order valence-corrected chi connectivity index (χ0v) is 13.1. The van der Waals surface area contributed by atoms with E-state index in [1.807, 2.05) is 53.1 Å². The quantitative estimate of drug-likeness (QED) is 0.752. The number of carbonyl (C=O) groups is 1. The van der Waals surface area contributed by atoms with Gasteiger partial charge in [-0.3, -0.25) is 0 Å². The van der Waals surface area contributed by atoms with Crippen LogP contribution in [-0.2, 0) is 11.3 Å². The van der Waals surface area contributed by atoms with Gasteiger partial charge in [0.15, 0.2) is 5.69 Å². The molecule has 3 aromatic rings. The number of carbonyl (C=O) groups excluding carboxylic acids is 1. The summed E-state index contributed by atoms with van der Waals surface area (Å²) in [6.07, 6.45) is 0. The first-order valence-corrected chi connectivity index (χ1v) is 7.23. The van der Waals surface area contributed by atoms with E-state index in [0.717, 1.165) is 22.2 Å². The molecular weight excluding hydrogens is 292 g/mol. The van der Waals surface area contributed by atoms with Crippen LogP contribution in [-0.4, -0.2) is 24.8 Å². The molecule has 0 unspecified atom stereocenters. The van der Waals surface area contributed by atoms with Crippen LogP contribution < -0.4 is 10.5 Å². The molecule has 0 aliphatic rings. The maximum absolute atomic E-state index is 12.2. The van der Waals surface area contributed by atoms with Crippen LogP contribution in [0.25, 0.3) is 10.9 Å². The smallest absolute Gasteiger partial charge is 0.356 e. The molecule has 3 rings (SSSR count). The second kappa shape index (κ2) is 6.04. The number of methoxy groups -OCH3 is 2. The molecule has 5 nitrogen and oxygen atoms in total. The number of nitrogen functional groups attached to an aromatic ring is 1. The summed E-state index contributed by atoms with van der Waals surface area (Å²) in [5.74, 6) is 0.353. The zero-order chi connectivity index (χ0) is 16.4. The van der Waals surface area contributed by atoms with E-state index in [4.69, 9.17) is 15.2 Å². The van der Waals surface area contributed by atoms with Gasteiger partial charge in [0.05, 0.1) is 25.4 Å². The van der Waals surface area contributed by atoms with Gasteiger partial charge in [-0.05, 0) is 23.8 Å². The molecule has 1 heterocycles. The monoisotopic (exact) mass is 310 g/mol. The van der Waals surface area contributed by atoms with E-state index in [-0.39, 0.29) is 0 Å². The van der Waals surface area contributed by atoms with E-state index >= 15 is 0 Å². The highest BCUT2D eigenvalue weighted by molar-refractivity contribution is 6.06. The van der Waals surface area contributed by atoms with Crippen LogP contribution in [0.3, 0.4) is 0 Å². The number of rotatable bonds is 4. The van der Waals surface area contributed by atoms with Crippen molar-refractivity contribution in [2.75, 3.05) is 20.0 Å². The maximum atomic E-state index is 12.2. The molecule has 0 aliphatic heterocycles. The molecular formula is C18H18N2O3. The molecule has 0 aliphatic carbocycles. The van der Waals surface area contributed by atoms with Gasteiger partial charge in [-0.15, -0.1) is 0 Å². The third-order valence-corrected chi connectivity index (χ3v) is 3.89. The Morgan fingerprint density at radius 2 is 1.78 bits per heavy atom. The highest BCUT2D eigenvalue weighted by Crippen LogP contribution is 2.30. The van der Waals surface area contributed by atoms with Gasteiger partial charge in [0, 0.05) is 11.9 Å². The van der Waals surface area contributed by atoms with Crippen LogP contribution in [0.15, 0.2) is 48.5 Å². The van der Waals surface area contributed by atoms with Crippen molar-refractivity contribution in [2.45, 2.75) is 6.54 Å². The average molecular weight is 310 g/mol. The molecule has 0 amide bonds. The first-order valence-electron chi connectivity index (χ1n) is 7.23. The van der Waals surface area contributed by atoms with Gasteiger partial charge in [-0.1, -0.05) is 30.3 Å². The number of nitrogens with zero attached hydrogens (tertiary/aromatic N) is 1. The molecule has 2 aromatic carbocycles. The van der Waals surface area contributed by atoms with E-state index in [1.54, 1.807) is 7.11 Å². The molecule has 0 saturated heterocycles. The Balaban J connectivity index is 2.12. The predicted molar refractivity (Wildman–Crippen MR) is 89.8 cm³/mol. The number of hydrogen-bond donors (Lipinski definition) is 1. The summed E-state index contributed by atoms with van der Waals surface area (Å²) in [6, 6.07) is 15.4. The van der Waals surface area contributed by atoms with Gasteiger partial charge in [0.1, 0.15) is 5.75 Å². The minimum Gasteiger partial charge on any atom is -0.497 e. The van der Waals surface area contributed by atoms with Gasteiger partial charge in [0.2, 0.25) is 0 Å². The number of aromatic nitrogens is 1. The Hall–Kier alpha value is -2.95. The molecule has 23 heavy (non-hydrogen) atoms. The van der Waals surface area contributed by atoms with Crippen LogP contribution in [0, 0.1) is 0 Å². The summed E-state index contributed by atoms with van der Waals surface area (Å²) in [5, 5.41) is 0.849. The number of fused-ring (bicyclic) bond motifs is 1. The molecule has 0 bridgehead atoms. The van der Waals surface area contributed by atoms with Crippen LogP contribution in [0.5, 0.6) is 5.75 Å². The Bertz CT molecular complexity index is 851. The summed E-state index contributed by atoms with van der Waals surface area (Å²) in [5.41, 5.74) is 8.94. The molecule has 0 atom stereocenters. The lowest BCUT2D eigenvalue weighted by Crippen LogP contribution is -2.13. The lowest BCUT2D eigenvalue weighted by molar-refractivity contribution is 0.0591. The van der Waals surface area contributed by atoms with Crippen molar-refractivity contribution >= 4 is 22.6 Å². The fourth-order valence-electron chi connectivity index (χ4n) is 2.72. The maximum Gasteiger partial charge on any atom is 0.356 e. The lowest BCUT2D eigenvalue weighted by Gasteiger charge is -2.10. The van der Waals surface area contributed by atoms with Crippen molar-refractivity contribution in [1.29, 1.82) is 0 Å². The van der Waals surface area contributed by atoms with Crippen molar-refractivity contribution in [3.05, 3.63) is 59.8 Å². The van der Waals surface area contributed by atoms with Crippen molar-refractivity contribution < 1.29 is 14.3 Å². The average Bonchev–Trinajstić information content (AvgIpc) is 2.87. The number of ether oxygens (including phenoxy) is 2. The first-order chi connectivity index (χ1) is 11.2. The van der Waals surface area contributed by atoms with Gasteiger partial charge in [-0.2, -0.15) is 0 Å². The van der Waals surface area contributed by atoms with Crippen molar-refractivity contribution in [3.63, 3.8) is 0 Å². The van der Waals surface area contributed by atoms with E-state index in [9.17, 15) is 4.79 Å². The Morgan fingerprint density at radius 1 is 1.09 bits per heavy atom. The van der Waals surface area contributed by atoms with Crippen LogP contribution in [0.1, 0.15) is 16.1 Å².